The van der Waals surface area contributed by atoms with Gasteiger partial charge in [0.25, 0.3) is 5.56 Å². The van der Waals surface area contributed by atoms with Gasteiger partial charge < -0.3 is 5.32 Å². The molecule has 5 rings (SSSR count). The summed E-state index contributed by atoms with van der Waals surface area (Å²) in [4.78, 5) is 29.2. The predicted molar refractivity (Wildman–Crippen MR) is 116 cm³/mol. The molecule has 29 heavy (non-hydrogen) atoms. The number of carbonyl (C=O) groups is 1. The second kappa shape index (κ2) is 7.67. The summed E-state index contributed by atoms with van der Waals surface area (Å²) >= 11 is 3.42. The number of fused-ring (bicyclic) bond motifs is 2. The Balaban J connectivity index is 1.44. The van der Waals surface area contributed by atoms with Crippen LogP contribution >= 0.6 is 15.9 Å². The van der Waals surface area contributed by atoms with E-state index in [1.165, 1.54) is 11.1 Å². The van der Waals surface area contributed by atoms with Crippen molar-refractivity contribution < 1.29 is 4.79 Å². The normalized spacial score (nSPS) is 27.2. The Hall–Kier alpha value is -2.02. The number of aromatic nitrogens is 3. The molecule has 154 valence electrons. The number of rotatable bonds is 6. The molecule has 4 atom stereocenters. The summed E-state index contributed by atoms with van der Waals surface area (Å²) < 4.78 is 1.65. The van der Waals surface area contributed by atoms with Crippen LogP contribution < -0.4 is 10.9 Å². The molecule has 7 heteroatoms. The molecule has 2 aromatic heterocycles. The second-order valence-electron chi connectivity index (χ2n) is 9.08. The highest BCUT2D eigenvalue weighted by Crippen LogP contribution is 2.61. The molecule has 0 radical (unpaired) electrons. The fourth-order valence-corrected chi connectivity index (χ4v) is 5.57. The Morgan fingerprint density at radius 3 is 2.79 bits per heavy atom. The number of Topliss-reactive ketones (excluding diaryl/α,β-unsaturated/α-hetero) is 1. The van der Waals surface area contributed by atoms with Gasteiger partial charge in [-0.25, -0.2) is 4.68 Å². The molecule has 6 nitrogen and oxygen atoms in total. The first-order valence-corrected chi connectivity index (χ1v) is 11.0. The maximum Gasteiger partial charge on any atom is 0.283 e. The Bertz CT molecular complexity index is 973. The molecule has 3 fully saturated rings. The minimum Gasteiger partial charge on any atom is -0.380 e. The molecule has 0 saturated heterocycles. The number of carbonyl (C=O) groups excluding carboxylic acids is 1. The first-order chi connectivity index (χ1) is 13.8. The summed E-state index contributed by atoms with van der Waals surface area (Å²) in [5, 5.41) is 7.78. The summed E-state index contributed by atoms with van der Waals surface area (Å²) in [6.45, 7) is 6.99. The number of hydrogen-bond acceptors (Lipinski definition) is 5. The van der Waals surface area contributed by atoms with Crippen LogP contribution in [-0.2, 0) is 17.8 Å². The van der Waals surface area contributed by atoms with Crippen LogP contribution in [-0.4, -0.2) is 26.6 Å². The number of hydrogen-bond donors (Lipinski definition) is 1. The lowest BCUT2D eigenvalue weighted by molar-refractivity contribution is -0.119. The van der Waals surface area contributed by atoms with Crippen molar-refractivity contribution in [3.8, 4) is 0 Å². The highest BCUT2D eigenvalue weighted by atomic mass is 79.9. The van der Waals surface area contributed by atoms with Gasteiger partial charge in [0.05, 0.1) is 18.3 Å². The van der Waals surface area contributed by atoms with Crippen LogP contribution in [0.15, 0.2) is 39.9 Å². The van der Waals surface area contributed by atoms with E-state index in [-0.39, 0.29) is 24.3 Å². The summed E-state index contributed by atoms with van der Waals surface area (Å²) in [6.07, 6.45) is 5.91. The predicted octanol–water partition coefficient (Wildman–Crippen LogP) is 3.70. The third-order valence-corrected chi connectivity index (χ3v) is 7.88. The summed E-state index contributed by atoms with van der Waals surface area (Å²) in [6, 6.07) is 5.79. The fraction of sp³-hybridized carbons (Fsp3) is 0.545. The van der Waals surface area contributed by atoms with Gasteiger partial charge in [0.1, 0.15) is 11.0 Å². The SMILES string of the molecule is C[C@@H]1[C@H]2C[C@@H](C[C@H]1Nc1cnn(CC(=O)Cc3ccccn3)c(=O)c1Br)C2(C)C. The topological polar surface area (TPSA) is 76.9 Å². The van der Waals surface area contributed by atoms with Crippen molar-refractivity contribution in [3.05, 3.63) is 51.1 Å². The molecule has 3 aliphatic carbocycles. The van der Waals surface area contributed by atoms with Crippen LogP contribution in [0.25, 0.3) is 0 Å². The molecule has 3 aliphatic rings. The molecule has 0 aliphatic heterocycles. The van der Waals surface area contributed by atoms with E-state index in [0.717, 1.165) is 18.3 Å². The minimum atomic E-state index is -0.293. The zero-order valence-corrected chi connectivity index (χ0v) is 18.6. The van der Waals surface area contributed by atoms with Crippen molar-refractivity contribution in [1.82, 2.24) is 14.8 Å². The maximum atomic E-state index is 12.7. The van der Waals surface area contributed by atoms with E-state index in [9.17, 15) is 9.59 Å². The smallest absolute Gasteiger partial charge is 0.283 e. The van der Waals surface area contributed by atoms with Crippen LogP contribution in [0, 0.1) is 23.2 Å². The standard InChI is InChI=1S/C22H27BrN4O2/c1-13-17-8-14(22(17,2)3)9-18(13)26-19-11-25-27(21(29)20(19)23)12-16(28)10-15-6-4-5-7-24-15/h4-7,11,13-14,17-18,26H,8-10,12H2,1-3H3/t13-,14+,17-,18-/m1/s1. The Morgan fingerprint density at radius 1 is 1.34 bits per heavy atom. The van der Waals surface area contributed by atoms with Crippen LogP contribution in [0.2, 0.25) is 0 Å². The van der Waals surface area contributed by atoms with Gasteiger partial charge in [0.15, 0.2) is 5.78 Å². The zero-order valence-electron chi connectivity index (χ0n) is 17.1. The molecule has 1 N–H and O–H groups in total. The van der Waals surface area contributed by atoms with E-state index >= 15 is 0 Å². The minimum absolute atomic E-state index is 0.0630. The highest BCUT2D eigenvalue weighted by molar-refractivity contribution is 9.10. The molecule has 2 heterocycles. The first-order valence-electron chi connectivity index (χ1n) is 10.2. The highest BCUT2D eigenvalue weighted by Gasteiger charge is 2.56. The van der Waals surface area contributed by atoms with Crippen molar-refractivity contribution in [2.75, 3.05) is 5.32 Å². The average Bonchev–Trinajstić information content (AvgIpc) is 2.69. The van der Waals surface area contributed by atoms with Crippen LogP contribution in [0.5, 0.6) is 0 Å². The van der Waals surface area contributed by atoms with E-state index in [4.69, 9.17) is 0 Å². The van der Waals surface area contributed by atoms with Gasteiger partial charge in [-0.05, 0) is 64.1 Å². The number of ketones is 1. The van der Waals surface area contributed by atoms with E-state index < -0.39 is 0 Å². The van der Waals surface area contributed by atoms with Gasteiger partial charge >= 0.3 is 0 Å². The molecular weight excluding hydrogens is 432 g/mol. The van der Waals surface area contributed by atoms with Gasteiger partial charge in [-0.15, -0.1) is 0 Å². The third-order valence-electron chi connectivity index (χ3n) is 7.11. The number of pyridine rings is 1. The van der Waals surface area contributed by atoms with Gasteiger partial charge in [-0.1, -0.05) is 26.8 Å². The van der Waals surface area contributed by atoms with Crippen LogP contribution in [0.3, 0.4) is 0 Å². The second-order valence-corrected chi connectivity index (χ2v) is 9.87. The van der Waals surface area contributed by atoms with E-state index in [2.05, 4.69) is 52.1 Å². The van der Waals surface area contributed by atoms with E-state index in [0.29, 0.717) is 33.2 Å². The van der Waals surface area contributed by atoms with Gasteiger partial charge in [0.2, 0.25) is 0 Å². The monoisotopic (exact) mass is 458 g/mol. The van der Waals surface area contributed by atoms with Gasteiger partial charge in [0, 0.05) is 17.9 Å². The molecule has 0 spiro atoms. The van der Waals surface area contributed by atoms with Crippen molar-refractivity contribution in [2.24, 2.45) is 23.2 Å². The lowest BCUT2D eigenvalue weighted by Crippen LogP contribution is -2.58. The summed E-state index contributed by atoms with van der Waals surface area (Å²) in [5.74, 6) is 1.89. The largest absolute Gasteiger partial charge is 0.380 e. The lowest BCUT2D eigenvalue weighted by Gasteiger charge is -2.62. The summed E-state index contributed by atoms with van der Waals surface area (Å²) in [7, 11) is 0. The van der Waals surface area contributed by atoms with E-state index in [1.54, 1.807) is 24.5 Å². The molecule has 3 saturated carbocycles. The first kappa shape index (κ1) is 20.3. The molecule has 2 bridgehead atoms. The quantitative estimate of drug-likeness (QED) is 0.713. The van der Waals surface area contributed by atoms with Crippen LogP contribution in [0.4, 0.5) is 5.69 Å². The van der Waals surface area contributed by atoms with Crippen molar-refractivity contribution in [3.63, 3.8) is 0 Å². The number of anilines is 1. The van der Waals surface area contributed by atoms with Gasteiger partial charge in [-0.3, -0.25) is 14.6 Å². The Labute approximate surface area is 179 Å². The Morgan fingerprint density at radius 2 is 2.14 bits per heavy atom. The molecular formula is C22H27BrN4O2. The number of halogens is 1. The van der Waals surface area contributed by atoms with Crippen LogP contribution in [0.1, 0.15) is 39.3 Å². The summed E-state index contributed by atoms with van der Waals surface area (Å²) in [5.41, 5.74) is 1.53. The maximum absolute atomic E-state index is 12.7. The van der Waals surface area contributed by atoms with E-state index in [1.807, 2.05) is 6.07 Å². The molecule has 0 unspecified atom stereocenters. The van der Waals surface area contributed by atoms with Crippen molar-refractivity contribution in [2.45, 2.75) is 52.6 Å². The zero-order chi connectivity index (χ0) is 20.8. The molecule has 0 aromatic carbocycles. The lowest BCUT2D eigenvalue weighted by atomic mass is 9.45. The molecule has 2 aromatic rings. The number of nitrogens with one attached hydrogen (secondary N) is 1. The van der Waals surface area contributed by atoms with Gasteiger partial charge in [-0.2, -0.15) is 5.10 Å². The third kappa shape index (κ3) is 3.77. The van der Waals surface area contributed by atoms with Crippen molar-refractivity contribution in [1.29, 1.82) is 0 Å². The average molecular weight is 459 g/mol. The number of nitrogens with zero attached hydrogens (tertiary/aromatic N) is 3. The van der Waals surface area contributed by atoms with Crippen molar-refractivity contribution >= 4 is 27.4 Å². The fourth-order valence-electron chi connectivity index (χ4n) is 5.15. The Kier molecular flexibility index (Phi) is 5.36. The molecule has 0 amide bonds.